The molecule has 4 aliphatic rings. The van der Waals surface area contributed by atoms with E-state index >= 15 is 0 Å². The van der Waals surface area contributed by atoms with E-state index in [2.05, 4.69) is 0 Å². The van der Waals surface area contributed by atoms with Gasteiger partial charge in [-0.05, 0) is 50.5 Å². The predicted molar refractivity (Wildman–Crippen MR) is 104 cm³/mol. The minimum Gasteiger partial charge on any atom is -0.479 e. The summed E-state index contributed by atoms with van der Waals surface area (Å²) in [6.45, 7) is 1.91. The zero-order valence-electron chi connectivity index (χ0n) is 17.5. The molecule has 1 spiro atoms. The first-order valence-corrected chi connectivity index (χ1v) is 10.8. The average Bonchev–Trinajstić information content (AvgIpc) is 3.30. The molecule has 6 N–H and O–H groups in total. The molecule has 2 saturated carbocycles. The first-order valence-electron chi connectivity index (χ1n) is 10.8. The van der Waals surface area contributed by atoms with Crippen LogP contribution in [0.5, 0.6) is 0 Å². The third-order valence-corrected chi connectivity index (χ3v) is 7.79. The van der Waals surface area contributed by atoms with E-state index in [-0.39, 0.29) is 24.4 Å². The quantitative estimate of drug-likeness (QED) is 0.287. The molecule has 4 rings (SSSR count). The van der Waals surface area contributed by atoms with Crippen LogP contribution in [0.3, 0.4) is 0 Å². The number of allylic oxidation sites excluding steroid dienone is 1. The van der Waals surface area contributed by atoms with Gasteiger partial charge in [-0.25, -0.2) is 4.79 Å². The molecule has 2 saturated heterocycles. The average molecular weight is 444 g/mol. The number of hydrogen-bond donors (Lipinski definition) is 6. The van der Waals surface area contributed by atoms with Gasteiger partial charge in [0.1, 0.15) is 24.4 Å². The number of hydrogen-bond acceptors (Lipinski definition) is 9. The summed E-state index contributed by atoms with van der Waals surface area (Å²) < 4.78 is 16.9. The number of carboxylic acids is 1. The molecule has 4 fully saturated rings. The summed E-state index contributed by atoms with van der Waals surface area (Å²) in [5.41, 5.74) is -0.00386. The minimum atomic E-state index is -1.88. The summed E-state index contributed by atoms with van der Waals surface area (Å²) in [5.74, 6) is -1.17. The summed E-state index contributed by atoms with van der Waals surface area (Å²) in [7, 11) is 0. The fourth-order valence-electron chi connectivity index (χ4n) is 5.85. The van der Waals surface area contributed by atoms with E-state index in [4.69, 9.17) is 14.2 Å². The number of aliphatic hydroxyl groups is 5. The van der Waals surface area contributed by atoms with Crippen LogP contribution >= 0.6 is 0 Å². The zero-order chi connectivity index (χ0) is 22.6. The van der Waals surface area contributed by atoms with Crippen LogP contribution in [0.2, 0.25) is 0 Å². The normalized spacial score (nSPS) is 48.9. The van der Waals surface area contributed by atoms with Crippen LogP contribution in [0, 0.1) is 11.3 Å². The van der Waals surface area contributed by atoms with Crippen molar-refractivity contribution < 1.29 is 49.6 Å². The second kappa shape index (κ2) is 8.35. The third kappa shape index (κ3) is 3.72. The molecule has 2 bridgehead atoms. The first kappa shape index (κ1) is 23.1. The number of fused-ring (bicyclic) bond motifs is 1. The molecule has 0 aromatic rings. The fourth-order valence-corrected chi connectivity index (χ4v) is 5.85. The molecule has 0 aromatic heterocycles. The van der Waals surface area contributed by atoms with Crippen molar-refractivity contribution in [1.82, 2.24) is 0 Å². The number of ether oxygens (including phenoxy) is 3. The van der Waals surface area contributed by atoms with Crippen LogP contribution in [-0.2, 0) is 19.0 Å². The molecular formula is C21H32O10. The van der Waals surface area contributed by atoms with Gasteiger partial charge < -0.3 is 44.8 Å². The van der Waals surface area contributed by atoms with Crippen LogP contribution < -0.4 is 0 Å². The largest absolute Gasteiger partial charge is 0.479 e. The van der Waals surface area contributed by atoms with Crippen molar-refractivity contribution in [1.29, 1.82) is 0 Å². The molecule has 0 unspecified atom stereocenters. The lowest BCUT2D eigenvalue weighted by Crippen LogP contribution is -2.59. The SMILES string of the molecule is C/C(CO[C@H]1O[C@@H](CO)[C@@H](O)[C@@H](O)[C@H]1O)=C1/CC[C@]23CO[C@H](C2)[C@@](O)(C(=O)O)CC[C@H]13. The van der Waals surface area contributed by atoms with E-state index in [9.17, 15) is 35.4 Å². The number of aliphatic carboxylic acids is 1. The van der Waals surface area contributed by atoms with Gasteiger partial charge in [0.25, 0.3) is 0 Å². The Bertz CT molecular complexity index is 738. The summed E-state index contributed by atoms with van der Waals surface area (Å²) in [6.07, 6.45) is -4.53. The topological polar surface area (TPSA) is 166 Å². The van der Waals surface area contributed by atoms with E-state index in [1.807, 2.05) is 6.92 Å². The van der Waals surface area contributed by atoms with Crippen molar-refractivity contribution in [3.63, 3.8) is 0 Å². The number of rotatable bonds is 5. The van der Waals surface area contributed by atoms with Crippen LogP contribution in [0.1, 0.15) is 39.0 Å². The lowest BCUT2D eigenvalue weighted by Gasteiger charge is -2.39. The zero-order valence-corrected chi connectivity index (χ0v) is 17.5. The molecule has 9 atom stereocenters. The highest BCUT2D eigenvalue weighted by molar-refractivity contribution is 5.78. The second-order valence-electron chi connectivity index (χ2n) is 9.50. The molecule has 10 heteroatoms. The van der Waals surface area contributed by atoms with E-state index in [1.54, 1.807) is 0 Å². The molecule has 0 radical (unpaired) electrons. The third-order valence-electron chi connectivity index (χ3n) is 7.79. The lowest BCUT2D eigenvalue weighted by molar-refractivity contribution is -0.299. The summed E-state index contributed by atoms with van der Waals surface area (Å²) in [5, 5.41) is 59.6. The summed E-state index contributed by atoms with van der Waals surface area (Å²) >= 11 is 0. The lowest BCUT2D eigenvalue weighted by atomic mass is 9.74. The highest BCUT2D eigenvalue weighted by Crippen LogP contribution is 2.59. The maximum absolute atomic E-state index is 11.7. The Morgan fingerprint density at radius 1 is 1.19 bits per heavy atom. The van der Waals surface area contributed by atoms with E-state index in [0.717, 1.165) is 24.0 Å². The van der Waals surface area contributed by atoms with Crippen molar-refractivity contribution in [3.05, 3.63) is 11.1 Å². The van der Waals surface area contributed by atoms with Crippen LogP contribution in [0.4, 0.5) is 0 Å². The number of aliphatic hydroxyl groups excluding tert-OH is 4. The van der Waals surface area contributed by atoms with Crippen LogP contribution in [-0.4, -0.2) is 98.8 Å². The van der Waals surface area contributed by atoms with Crippen molar-refractivity contribution in [2.75, 3.05) is 19.8 Å². The first-order chi connectivity index (χ1) is 14.6. The van der Waals surface area contributed by atoms with Crippen molar-refractivity contribution in [3.8, 4) is 0 Å². The second-order valence-corrected chi connectivity index (χ2v) is 9.50. The number of carboxylic acid groups (broad SMARTS) is 1. The van der Waals surface area contributed by atoms with Gasteiger partial charge in [0.2, 0.25) is 0 Å². The highest BCUT2D eigenvalue weighted by atomic mass is 16.7. The van der Waals surface area contributed by atoms with Crippen LogP contribution in [0.15, 0.2) is 11.1 Å². The van der Waals surface area contributed by atoms with Gasteiger partial charge in [-0.2, -0.15) is 0 Å². The van der Waals surface area contributed by atoms with Crippen molar-refractivity contribution >= 4 is 5.97 Å². The maximum Gasteiger partial charge on any atom is 0.338 e. The molecule has 2 aliphatic heterocycles. The monoisotopic (exact) mass is 444 g/mol. The Balaban J connectivity index is 1.48. The van der Waals surface area contributed by atoms with Crippen molar-refractivity contribution in [2.24, 2.45) is 11.3 Å². The van der Waals surface area contributed by atoms with Gasteiger partial charge in [-0.1, -0.05) is 5.57 Å². The van der Waals surface area contributed by atoms with Gasteiger partial charge in [0.05, 0.1) is 25.9 Å². The van der Waals surface area contributed by atoms with E-state index < -0.39 is 55.0 Å². The van der Waals surface area contributed by atoms with Crippen molar-refractivity contribution in [2.45, 2.75) is 81.4 Å². The Hall–Kier alpha value is -1.11. The highest BCUT2D eigenvalue weighted by Gasteiger charge is 2.60. The molecule has 2 aliphatic carbocycles. The van der Waals surface area contributed by atoms with Gasteiger partial charge in [0.15, 0.2) is 11.9 Å². The predicted octanol–water partition coefficient (Wildman–Crippen LogP) is -1.09. The Kier molecular flexibility index (Phi) is 6.21. The summed E-state index contributed by atoms with van der Waals surface area (Å²) in [4.78, 5) is 11.7. The van der Waals surface area contributed by atoms with Crippen LogP contribution in [0.25, 0.3) is 0 Å². The fraction of sp³-hybridized carbons (Fsp3) is 0.857. The number of carbonyl (C=O) groups is 1. The van der Waals surface area contributed by atoms with E-state index in [0.29, 0.717) is 19.4 Å². The Morgan fingerprint density at radius 2 is 1.94 bits per heavy atom. The van der Waals surface area contributed by atoms with Gasteiger partial charge in [-0.3, -0.25) is 0 Å². The standard InChI is InChI=1S/C21H32O10/c1-10(8-29-18-17(25)16(24)15(23)13(7-22)31-18)11-2-4-20-6-14(30-9-20)21(28,19(26)27)5-3-12(11)20/h12-18,22-25,28H,2-9H2,1H3,(H,26,27)/b11-10+/t12-,13+,14-,15-,16-,17-,18+,20-,21-/m1/s1. The van der Waals surface area contributed by atoms with Gasteiger partial charge in [0, 0.05) is 5.41 Å². The molecule has 0 amide bonds. The van der Waals surface area contributed by atoms with E-state index in [1.165, 1.54) is 0 Å². The Morgan fingerprint density at radius 3 is 2.61 bits per heavy atom. The molecule has 176 valence electrons. The maximum atomic E-state index is 11.7. The smallest absolute Gasteiger partial charge is 0.338 e. The molecule has 10 nitrogen and oxygen atoms in total. The molecule has 31 heavy (non-hydrogen) atoms. The summed E-state index contributed by atoms with van der Waals surface area (Å²) in [6, 6.07) is 0. The minimum absolute atomic E-state index is 0.0734. The Labute approximate surface area is 180 Å². The van der Waals surface area contributed by atoms with Gasteiger partial charge in [-0.15, -0.1) is 0 Å². The molecule has 0 aromatic carbocycles. The molecule has 2 heterocycles. The van der Waals surface area contributed by atoms with Gasteiger partial charge >= 0.3 is 5.97 Å². The molecular weight excluding hydrogens is 412 g/mol.